The summed E-state index contributed by atoms with van der Waals surface area (Å²) in [6.45, 7) is 6.10. The van der Waals surface area contributed by atoms with Crippen LogP contribution in [0.1, 0.15) is 40.5 Å². The van der Waals surface area contributed by atoms with Crippen molar-refractivity contribution < 1.29 is 39.3 Å². The maximum atomic E-state index is 12.7. The highest BCUT2D eigenvalue weighted by Gasteiger charge is 2.34. The number of amides is 3. The van der Waals surface area contributed by atoms with Crippen molar-refractivity contribution in [2.45, 2.75) is 64.7 Å². The number of aliphatic hydroxyl groups excluding tert-OH is 1. The standard InChI is InChI=1S/C18H32N4O8/c1-5-9(4)14(17(28)20-11(18(29)30)6-12(24)25)22-16(27)13(8(2)3)21-15(26)10(19)7-23/h8-11,13-14,23H,5-7,19H2,1-4H3,(H,20,28)(H,21,26)(H,22,27)(H,24,25)(H,29,30). The molecule has 5 unspecified atom stereocenters. The molecule has 8 N–H and O–H groups in total. The van der Waals surface area contributed by atoms with Crippen molar-refractivity contribution in [3.05, 3.63) is 0 Å². The van der Waals surface area contributed by atoms with E-state index in [4.69, 9.17) is 21.1 Å². The van der Waals surface area contributed by atoms with Crippen LogP contribution < -0.4 is 21.7 Å². The Labute approximate surface area is 174 Å². The number of nitrogens with one attached hydrogen (secondary N) is 3. The fourth-order valence-electron chi connectivity index (χ4n) is 2.46. The molecular weight excluding hydrogens is 400 g/mol. The first-order valence-corrected chi connectivity index (χ1v) is 9.57. The highest BCUT2D eigenvalue weighted by molar-refractivity contribution is 5.94. The Morgan fingerprint density at radius 3 is 1.77 bits per heavy atom. The molecule has 0 radical (unpaired) electrons. The molecule has 0 aromatic heterocycles. The fraction of sp³-hybridized carbons (Fsp3) is 0.722. The molecule has 0 heterocycles. The highest BCUT2D eigenvalue weighted by atomic mass is 16.4. The second-order valence-electron chi connectivity index (χ2n) is 7.39. The molecule has 5 atom stereocenters. The summed E-state index contributed by atoms with van der Waals surface area (Å²) in [6, 6.07) is -5.12. The van der Waals surface area contributed by atoms with Crippen LogP contribution in [0.4, 0.5) is 0 Å². The van der Waals surface area contributed by atoms with Gasteiger partial charge in [0.15, 0.2) is 0 Å². The van der Waals surface area contributed by atoms with E-state index in [1.165, 1.54) is 0 Å². The van der Waals surface area contributed by atoms with Crippen LogP contribution in [0.2, 0.25) is 0 Å². The zero-order valence-corrected chi connectivity index (χ0v) is 17.5. The number of rotatable bonds is 13. The van der Waals surface area contributed by atoms with Gasteiger partial charge < -0.3 is 37.0 Å². The number of hydrogen-bond acceptors (Lipinski definition) is 7. The number of carbonyl (C=O) groups excluding carboxylic acids is 3. The van der Waals surface area contributed by atoms with Crippen LogP contribution in [0.25, 0.3) is 0 Å². The van der Waals surface area contributed by atoms with Gasteiger partial charge in [0, 0.05) is 0 Å². The summed E-state index contributed by atoms with van der Waals surface area (Å²) in [7, 11) is 0. The topological polar surface area (TPSA) is 208 Å². The van der Waals surface area contributed by atoms with Gasteiger partial charge in [-0.15, -0.1) is 0 Å². The zero-order chi connectivity index (χ0) is 23.6. The average molecular weight is 432 g/mol. The van der Waals surface area contributed by atoms with Gasteiger partial charge in [0.2, 0.25) is 17.7 Å². The Hall–Kier alpha value is -2.73. The van der Waals surface area contributed by atoms with Crippen molar-refractivity contribution >= 4 is 29.7 Å². The minimum Gasteiger partial charge on any atom is -0.481 e. The number of carbonyl (C=O) groups is 5. The van der Waals surface area contributed by atoms with E-state index in [2.05, 4.69) is 16.0 Å². The van der Waals surface area contributed by atoms with Gasteiger partial charge in [-0.25, -0.2) is 4.79 Å². The van der Waals surface area contributed by atoms with E-state index in [-0.39, 0.29) is 5.92 Å². The maximum Gasteiger partial charge on any atom is 0.326 e. The van der Waals surface area contributed by atoms with Crippen molar-refractivity contribution in [1.82, 2.24) is 16.0 Å². The molecule has 172 valence electrons. The third kappa shape index (κ3) is 8.74. The molecule has 3 amide bonds. The third-order valence-corrected chi connectivity index (χ3v) is 4.57. The normalized spacial score (nSPS) is 16.0. The van der Waals surface area contributed by atoms with E-state index in [1.807, 2.05) is 0 Å². The van der Waals surface area contributed by atoms with E-state index in [1.54, 1.807) is 27.7 Å². The van der Waals surface area contributed by atoms with Crippen LogP contribution in [0.5, 0.6) is 0 Å². The molecule has 12 nitrogen and oxygen atoms in total. The molecule has 0 aliphatic carbocycles. The number of aliphatic hydroxyl groups is 1. The molecule has 0 aromatic carbocycles. The second kappa shape index (κ2) is 12.8. The maximum absolute atomic E-state index is 12.7. The molecule has 0 rings (SSSR count). The highest BCUT2D eigenvalue weighted by Crippen LogP contribution is 2.11. The Bertz CT molecular complexity index is 640. The SMILES string of the molecule is CCC(C)C(NC(=O)C(NC(=O)C(N)CO)C(C)C)C(=O)NC(CC(=O)O)C(=O)O. The van der Waals surface area contributed by atoms with E-state index in [0.717, 1.165) is 0 Å². The number of hydrogen-bond donors (Lipinski definition) is 7. The van der Waals surface area contributed by atoms with Gasteiger partial charge in [-0.05, 0) is 11.8 Å². The van der Waals surface area contributed by atoms with Gasteiger partial charge in [0.25, 0.3) is 0 Å². The van der Waals surface area contributed by atoms with Gasteiger partial charge in [0.1, 0.15) is 24.2 Å². The van der Waals surface area contributed by atoms with E-state index < -0.39 is 72.8 Å². The van der Waals surface area contributed by atoms with Crippen molar-refractivity contribution in [1.29, 1.82) is 0 Å². The summed E-state index contributed by atoms with van der Waals surface area (Å²) in [5.74, 6) is -6.04. The Kier molecular flexibility index (Phi) is 11.6. The minimum atomic E-state index is -1.67. The van der Waals surface area contributed by atoms with Crippen LogP contribution in [-0.4, -0.2) is 75.8 Å². The first-order chi connectivity index (χ1) is 13.8. The molecule has 0 spiro atoms. The molecule has 0 fully saturated rings. The molecular formula is C18H32N4O8. The van der Waals surface area contributed by atoms with Crippen molar-refractivity contribution in [2.24, 2.45) is 17.6 Å². The molecule has 0 aliphatic rings. The lowest BCUT2D eigenvalue weighted by atomic mass is 9.96. The average Bonchev–Trinajstić information content (AvgIpc) is 2.66. The van der Waals surface area contributed by atoms with E-state index in [0.29, 0.717) is 6.42 Å². The largest absolute Gasteiger partial charge is 0.481 e. The van der Waals surface area contributed by atoms with Gasteiger partial charge in [-0.1, -0.05) is 34.1 Å². The molecule has 12 heteroatoms. The Morgan fingerprint density at radius 2 is 1.37 bits per heavy atom. The summed E-state index contributed by atoms with van der Waals surface area (Å²) < 4.78 is 0. The summed E-state index contributed by atoms with van der Waals surface area (Å²) in [5.41, 5.74) is 5.45. The van der Waals surface area contributed by atoms with Gasteiger partial charge >= 0.3 is 11.9 Å². The Morgan fingerprint density at radius 1 is 0.867 bits per heavy atom. The first kappa shape index (κ1) is 27.3. The lowest BCUT2D eigenvalue weighted by Gasteiger charge is -2.29. The number of nitrogens with two attached hydrogens (primary N) is 1. The van der Waals surface area contributed by atoms with Crippen LogP contribution in [-0.2, 0) is 24.0 Å². The molecule has 0 saturated carbocycles. The lowest BCUT2D eigenvalue weighted by Crippen LogP contribution is -2.60. The molecule has 0 aromatic rings. The van der Waals surface area contributed by atoms with Gasteiger partial charge in [0.05, 0.1) is 13.0 Å². The summed E-state index contributed by atoms with van der Waals surface area (Å²) in [5, 5.41) is 34.0. The van der Waals surface area contributed by atoms with E-state index in [9.17, 15) is 24.0 Å². The third-order valence-electron chi connectivity index (χ3n) is 4.57. The predicted octanol–water partition coefficient (Wildman–Crippen LogP) is -1.98. The van der Waals surface area contributed by atoms with Gasteiger partial charge in [-0.3, -0.25) is 19.2 Å². The number of carboxylic acids is 2. The smallest absolute Gasteiger partial charge is 0.326 e. The molecule has 0 bridgehead atoms. The van der Waals surface area contributed by atoms with Gasteiger partial charge in [-0.2, -0.15) is 0 Å². The lowest BCUT2D eigenvalue weighted by molar-refractivity contribution is -0.147. The Balaban J connectivity index is 5.49. The second-order valence-corrected chi connectivity index (χ2v) is 7.39. The van der Waals surface area contributed by atoms with E-state index >= 15 is 0 Å². The van der Waals surface area contributed by atoms with Crippen LogP contribution in [0.15, 0.2) is 0 Å². The predicted molar refractivity (Wildman–Crippen MR) is 105 cm³/mol. The number of carboxylic acid groups (broad SMARTS) is 2. The van der Waals surface area contributed by atoms with Crippen molar-refractivity contribution in [2.75, 3.05) is 6.61 Å². The van der Waals surface area contributed by atoms with Crippen LogP contribution in [0, 0.1) is 11.8 Å². The fourth-order valence-corrected chi connectivity index (χ4v) is 2.46. The monoisotopic (exact) mass is 432 g/mol. The molecule has 0 aliphatic heterocycles. The quantitative estimate of drug-likeness (QED) is 0.172. The molecule has 30 heavy (non-hydrogen) atoms. The minimum absolute atomic E-state index is 0.390. The summed E-state index contributed by atoms with van der Waals surface area (Å²) >= 11 is 0. The summed E-state index contributed by atoms with van der Waals surface area (Å²) in [4.78, 5) is 59.4. The summed E-state index contributed by atoms with van der Waals surface area (Å²) in [6.07, 6.45) is -0.380. The number of aliphatic carboxylic acids is 2. The first-order valence-electron chi connectivity index (χ1n) is 9.57. The van der Waals surface area contributed by atoms with Crippen molar-refractivity contribution in [3.8, 4) is 0 Å². The van der Waals surface area contributed by atoms with Crippen LogP contribution >= 0.6 is 0 Å². The molecule has 0 saturated heterocycles. The van der Waals surface area contributed by atoms with Crippen LogP contribution in [0.3, 0.4) is 0 Å². The zero-order valence-electron chi connectivity index (χ0n) is 17.5. The van der Waals surface area contributed by atoms with Crippen molar-refractivity contribution in [3.63, 3.8) is 0 Å².